The zero-order chi connectivity index (χ0) is 19.1. The number of aromatic amines is 1. The van der Waals surface area contributed by atoms with Gasteiger partial charge in [0.2, 0.25) is 0 Å². The number of benzene rings is 1. The van der Waals surface area contributed by atoms with Gasteiger partial charge in [0.1, 0.15) is 5.60 Å². The highest BCUT2D eigenvalue weighted by molar-refractivity contribution is 6.06. The van der Waals surface area contributed by atoms with E-state index in [4.69, 9.17) is 4.74 Å². The van der Waals surface area contributed by atoms with E-state index in [0.29, 0.717) is 18.6 Å². The molecule has 1 aromatic carbocycles. The van der Waals surface area contributed by atoms with Gasteiger partial charge < -0.3 is 19.7 Å². The number of aromatic carboxylic acids is 1. The lowest BCUT2D eigenvalue weighted by Gasteiger charge is -2.30. The minimum Gasteiger partial charge on any atom is -0.478 e. The maximum absolute atomic E-state index is 12.4. The molecule has 0 unspecified atom stereocenters. The first kappa shape index (κ1) is 18.0. The number of carboxylic acid groups (broad SMARTS) is 1. The van der Waals surface area contributed by atoms with E-state index in [1.807, 2.05) is 39.8 Å². The Kier molecular flexibility index (Phi) is 4.52. The molecule has 3 rings (SSSR count). The Morgan fingerprint density at radius 1 is 1.27 bits per heavy atom. The number of H-pyrrole nitrogens is 1. The van der Waals surface area contributed by atoms with Gasteiger partial charge in [-0.05, 0) is 57.4 Å². The van der Waals surface area contributed by atoms with Gasteiger partial charge in [-0.2, -0.15) is 0 Å². The summed E-state index contributed by atoms with van der Waals surface area (Å²) >= 11 is 0. The van der Waals surface area contributed by atoms with Gasteiger partial charge in [-0.1, -0.05) is 12.1 Å². The Bertz CT molecular complexity index is 902. The summed E-state index contributed by atoms with van der Waals surface area (Å²) in [6.07, 6.45) is 2.52. The highest BCUT2D eigenvalue weighted by atomic mass is 16.6. The fourth-order valence-corrected chi connectivity index (χ4v) is 3.23. The number of nitrogens with zero attached hydrogens (tertiary/aromatic N) is 1. The number of rotatable bonds is 2. The van der Waals surface area contributed by atoms with E-state index in [1.165, 1.54) is 0 Å². The van der Waals surface area contributed by atoms with Crippen LogP contribution in [0.5, 0.6) is 0 Å². The molecular weight excluding hydrogens is 332 g/mol. The van der Waals surface area contributed by atoms with Crippen molar-refractivity contribution in [3.05, 3.63) is 41.1 Å². The molecule has 0 saturated heterocycles. The van der Waals surface area contributed by atoms with Crippen LogP contribution in [0.25, 0.3) is 16.5 Å². The van der Waals surface area contributed by atoms with Crippen molar-refractivity contribution in [3.8, 4) is 0 Å². The van der Waals surface area contributed by atoms with Gasteiger partial charge >= 0.3 is 12.1 Å². The lowest BCUT2D eigenvalue weighted by molar-refractivity contribution is 0.0273. The molecule has 2 N–H and O–H groups in total. The molecular formula is C20H24N2O4. The first-order valence-electron chi connectivity index (χ1n) is 8.68. The summed E-state index contributed by atoms with van der Waals surface area (Å²) in [6, 6.07) is 5.39. The van der Waals surface area contributed by atoms with Crippen molar-refractivity contribution in [2.24, 2.45) is 0 Å². The van der Waals surface area contributed by atoms with Crippen LogP contribution < -0.4 is 0 Å². The molecule has 6 heteroatoms. The predicted molar refractivity (Wildman–Crippen MR) is 100 cm³/mol. The molecule has 0 radical (unpaired) electrons. The van der Waals surface area contributed by atoms with E-state index in [2.05, 4.69) is 11.1 Å². The van der Waals surface area contributed by atoms with E-state index in [9.17, 15) is 14.7 Å². The molecule has 1 aliphatic rings. The van der Waals surface area contributed by atoms with Crippen LogP contribution in [0.15, 0.2) is 24.3 Å². The second-order valence-electron chi connectivity index (χ2n) is 7.63. The number of nitrogens with one attached hydrogen (secondary N) is 1. The third kappa shape index (κ3) is 3.59. The number of hydrogen-bond acceptors (Lipinski definition) is 3. The largest absolute Gasteiger partial charge is 0.478 e. The lowest BCUT2D eigenvalue weighted by Crippen LogP contribution is -2.39. The van der Waals surface area contributed by atoms with E-state index in [1.54, 1.807) is 11.0 Å². The van der Waals surface area contributed by atoms with Crippen LogP contribution >= 0.6 is 0 Å². The van der Waals surface area contributed by atoms with Crippen molar-refractivity contribution < 1.29 is 19.4 Å². The molecule has 0 saturated carbocycles. The van der Waals surface area contributed by atoms with Gasteiger partial charge in [0.25, 0.3) is 0 Å². The van der Waals surface area contributed by atoms with Crippen molar-refractivity contribution >= 4 is 28.5 Å². The molecule has 6 nitrogen and oxygen atoms in total. The smallest absolute Gasteiger partial charge is 0.410 e. The van der Waals surface area contributed by atoms with E-state index < -0.39 is 11.6 Å². The fraction of sp³-hybridized carbons (Fsp3) is 0.400. The molecule has 2 aromatic rings. The van der Waals surface area contributed by atoms with Crippen molar-refractivity contribution in [3.63, 3.8) is 0 Å². The summed E-state index contributed by atoms with van der Waals surface area (Å²) in [6.45, 7) is 8.51. The van der Waals surface area contributed by atoms with Gasteiger partial charge in [-0.15, -0.1) is 0 Å². The van der Waals surface area contributed by atoms with Gasteiger partial charge in [0, 0.05) is 24.2 Å². The highest BCUT2D eigenvalue weighted by Gasteiger charge is 2.26. The molecule has 2 heterocycles. The number of hydrogen-bond donors (Lipinski definition) is 2. The van der Waals surface area contributed by atoms with Crippen molar-refractivity contribution in [1.82, 2.24) is 9.88 Å². The predicted octanol–water partition coefficient (Wildman–Crippen LogP) is 4.20. The quantitative estimate of drug-likeness (QED) is 0.845. The summed E-state index contributed by atoms with van der Waals surface area (Å²) < 4.78 is 5.48. The number of ether oxygens (including phenoxy) is 1. The number of amides is 1. The topological polar surface area (TPSA) is 82.6 Å². The third-order valence-corrected chi connectivity index (χ3v) is 4.31. The molecule has 0 spiro atoms. The van der Waals surface area contributed by atoms with Gasteiger partial charge in [-0.25, -0.2) is 9.59 Å². The minimum atomic E-state index is -0.962. The van der Waals surface area contributed by atoms with Crippen LogP contribution in [0.2, 0.25) is 0 Å². The second kappa shape index (κ2) is 6.52. The average Bonchev–Trinajstić information content (AvgIpc) is 2.93. The number of carboxylic acids is 1. The Morgan fingerprint density at radius 2 is 2.00 bits per heavy atom. The van der Waals surface area contributed by atoms with Crippen molar-refractivity contribution in [1.29, 1.82) is 0 Å². The van der Waals surface area contributed by atoms with Crippen molar-refractivity contribution in [2.45, 2.75) is 39.7 Å². The van der Waals surface area contributed by atoms with Crippen LogP contribution in [-0.4, -0.2) is 45.7 Å². The zero-order valence-corrected chi connectivity index (χ0v) is 15.5. The second-order valence-corrected chi connectivity index (χ2v) is 7.63. The number of fused-ring (bicyclic) bond motifs is 1. The standard InChI is InChI=1S/C20H24N2O4/c1-12-10-16-14(7-8-15(18(23)24)17(16)21-12)13-6-5-9-22(11-13)19(25)26-20(2,3)4/h6-8,10,21H,5,9,11H2,1-4H3,(H,23,24). The first-order valence-corrected chi connectivity index (χ1v) is 8.68. The zero-order valence-electron chi connectivity index (χ0n) is 15.5. The van der Waals surface area contributed by atoms with Crippen LogP contribution in [0, 0.1) is 6.92 Å². The molecule has 1 amide bonds. The number of aryl methyl sites for hydroxylation is 1. The number of carbonyl (C=O) groups is 2. The van der Waals surface area contributed by atoms with E-state index >= 15 is 0 Å². The number of carbonyl (C=O) groups excluding carboxylic acids is 1. The first-order chi connectivity index (χ1) is 12.2. The molecule has 0 bridgehead atoms. The van der Waals surface area contributed by atoms with Gasteiger partial charge in [0.05, 0.1) is 11.1 Å². The minimum absolute atomic E-state index is 0.247. The van der Waals surface area contributed by atoms with Crippen molar-refractivity contribution in [2.75, 3.05) is 13.1 Å². The van der Waals surface area contributed by atoms with Crippen LogP contribution in [0.3, 0.4) is 0 Å². The maximum Gasteiger partial charge on any atom is 0.410 e. The molecule has 138 valence electrons. The summed E-state index contributed by atoms with van der Waals surface area (Å²) in [4.78, 5) is 28.7. The summed E-state index contributed by atoms with van der Waals surface area (Å²) in [5.74, 6) is -0.962. The lowest BCUT2D eigenvalue weighted by atomic mass is 9.96. The molecule has 0 fully saturated rings. The molecule has 0 aliphatic carbocycles. The highest BCUT2D eigenvalue weighted by Crippen LogP contribution is 2.31. The molecule has 1 aliphatic heterocycles. The Balaban J connectivity index is 1.94. The SMILES string of the molecule is Cc1cc2c(C3=CCCN(C(=O)OC(C)(C)C)C3)ccc(C(=O)O)c2[nH]1. The summed E-state index contributed by atoms with van der Waals surface area (Å²) in [5.41, 5.74) is 3.17. The Hall–Kier alpha value is -2.76. The van der Waals surface area contributed by atoms with E-state index in [0.717, 1.165) is 28.6 Å². The average molecular weight is 356 g/mol. The Labute approximate surface area is 152 Å². The van der Waals surface area contributed by atoms with Crippen LogP contribution in [0.1, 0.15) is 48.8 Å². The fourth-order valence-electron chi connectivity index (χ4n) is 3.23. The van der Waals surface area contributed by atoms with Crippen LogP contribution in [0.4, 0.5) is 4.79 Å². The maximum atomic E-state index is 12.4. The molecule has 0 atom stereocenters. The van der Waals surface area contributed by atoms with Gasteiger partial charge in [-0.3, -0.25) is 0 Å². The molecule has 26 heavy (non-hydrogen) atoms. The normalized spacial score (nSPS) is 15.1. The molecule has 1 aromatic heterocycles. The van der Waals surface area contributed by atoms with Crippen LogP contribution in [-0.2, 0) is 4.74 Å². The Morgan fingerprint density at radius 3 is 2.65 bits per heavy atom. The summed E-state index contributed by atoms with van der Waals surface area (Å²) in [5, 5.41) is 10.3. The summed E-state index contributed by atoms with van der Waals surface area (Å²) in [7, 11) is 0. The monoisotopic (exact) mass is 356 g/mol. The van der Waals surface area contributed by atoms with Gasteiger partial charge in [0.15, 0.2) is 0 Å². The van der Waals surface area contributed by atoms with E-state index in [-0.39, 0.29) is 11.7 Å². The third-order valence-electron chi connectivity index (χ3n) is 4.31. The number of aromatic nitrogens is 1.